The lowest BCUT2D eigenvalue weighted by atomic mass is 9.84. The smallest absolute Gasteiger partial charge is 0.123 e. The maximum atomic E-state index is 13.5. The highest BCUT2D eigenvalue weighted by Gasteiger charge is 2.30. The number of aromatic nitrogens is 3. The predicted octanol–water partition coefficient (Wildman–Crippen LogP) is 5.30. The van der Waals surface area contributed by atoms with Crippen LogP contribution in [0.15, 0.2) is 60.8 Å². The lowest BCUT2D eigenvalue weighted by molar-refractivity contribution is 0.0948. The number of hydrogen-bond acceptors (Lipinski definition) is 3. The molecule has 0 spiro atoms. The van der Waals surface area contributed by atoms with E-state index in [9.17, 15) is 4.39 Å². The Morgan fingerprint density at radius 1 is 1.11 bits per heavy atom. The van der Waals surface area contributed by atoms with Crippen LogP contribution in [0.2, 0.25) is 0 Å². The Kier molecular flexibility index (Phi) is 7.02. The lowest BCUT2D eigenvalue weighted by Gasteiger charge is -2.40. The minimum atomic E-state index is -0.171. The molecule has 0 saturated carbocycles. The molecule has 0 unspecified atom stereocenters. The van der Waals surface area contributed by atoms with E-state index in [1.165, 1.54) is 40.6 Å². The Morgan fingerprint density at radius 2 is 1.86 bits per heavy atom. The Hall–Kier alpha value is -2.96. The normalized spacial score (nSPS) is 16.4. The molecular weight excluding hydrogens is 437 g/mol. The van der Waals surface area contributed by atoms with Gasteiger partial charge in [-0.2, -0.15) is 5.10 Å². The highest BCUT2D eigenvalue weighted by Crippen LogP contribution is 2.29. The monoisotopic (exact) mass is 473 g/mol. The lowest BCUT2D eigenvalue weighted by Crippen LogP contribution is -2.45. The van der Waals surface area contributed by atoms with E-state index in [-0.39, 0.29) is 5.82 Å². The van der Waals surface area contributed by atoms with E-state index in [2.05, 4.69) is 70.4 Å². The highest BCUT2D eigenvalue weighted by molar-refractivity contribution is 5.80. The van der Waals surface area contributed by atoms with E-state index in [1.807, 2.05) is 23.9 Å². The summed E-state index contributed by atoms with van der Waals surface area (Å²) in [6.07, 6.45) is 5.40. The molecule has 1 fully saturated rings. The number of hydrogen-bond donors (Lipinski definition) is 1. The summed E-state index contributed by atoms with van der Waals surface area (Å²) >= 11 is 0. The minimum absolute atomic E-state index is 0.171. The van der Waals surface area contributed by atoms with Crippen LogP contribution in [-0.4, -0.2) is 50.7 Å². The third-order valence-corrected chi connectivity index (χ3v) is 7.62. The summed E-state index contributed by atoms with van der Waals surface area (Å²) < 4.78 is 15.4. The van der Waals surface area contributed by atoms with Gasteiger partial charge in [-0.1, -0.05) is 30.3 Å². The first-order valence-electron chi connectivity index (χ1n) is 12.7. The molecule has 2 aromatic heterocycles. The molecule has 1 aliphatic heterocycles. The number of rotatable bonds is 8. The van der Waals surface area contributed by atoms with Crippen molar-refractivity contribution in [3.05, 3.63) is 89.1 Å². The third kappa shape index (κ3) is 5.65. The van der Waals surface area contributed by atoms with Gasteiger partial charge >= 0.3 is 0 Å². The van der Waals surface area contributed by atoms with Gasteiger partial charge in [0.1, 0.15) is 5.82 Å². The minimum Gasteiger partial charge on any atom is -0.357 e. The van der Waals surface area contributed by atoms with Crippen molar-refractivity contribution in [2.75, 3.05) is 20.1 Å². The zero-order valence-corrected chi connectivity index (χ0v) is 21.0. The van der Waals surface area contributed by atoms with Gasteiger partial charge in [-0.15, -0.1) is 0 Å². The number of nitrogens with zero attached hydrogens (tertiary/aromatic N) is 4. The molecule has 0 amide bonds. The summed E-state index contributed by atoms with van der Waals surface area (Å²) in [6.45, 7) is 6.12. The summed E-state index contributed by atoms with van der Waals surface area (Å²) in [4.78, 5) is 8.64. The van der Waals surface area contributed by atoms with E-state index < -0.39 is 0 Å². The second-order valence-electron chi connectivity index (χ2n) is 10.2. The van der Waals surface area contributed by atoms with Gasteiger partial charge in [0.2, 0.25) is 0 Å². The summed E-state index contributed by atoms with van der Waals surface area (Å²) in [5.74, 6) is 0.427. The van der Waals surface area contributed by atoms with Gasteiger partial charge in [0.15, 0.2) is 0 Å². The van der Waals surface area contributed by atoms with Crippen LogP contribution in [0.25, 0.3) is 10.9 Å². The largest absolute Gasteiger partial charge is 0.357 e. The van der Waals surface area contributed by atoms with Crippen molar-refractivity contribution in [2.45, 2.75) is 45.3 Å². The summed E-state index contributed by atoms with van der Waals surface area (Å²) in [7, 11) is 4.22. The van der Waals surface area contributed by atoms with Crippen molar-refractivity contribution in [1.82, 2.24) is 24.6 Å². The van der Waals surface area contributed by atoms with Gasteiger partial charge in [0.05, 0.1) is 5.69 Å². The van der Waals surface area contributed by atoms with Gasteiger partial charge in [-0.05, 0) is 87.5 Å². The van der Waals surface area contributed by atoms with Crippen LogP contribution in [0, 0.1) is 18.7 Å². The molecule has 5 nitrogen and oxygen atoms in total. The van der Waals surface area contributed by atoms with Gasteiger partial charge < -0.3 is 4.98 Å². The summed E-state index contributed by atoms with van der Waals surface area (Å²) in [5.41, 5.74) is 6.07. The fourth-order valence-electron chi connectivity index (χ4n) is 5.69. The average molecular weight is 474 g/mol. The topological polar surface area (TPSA) is 40.1 Å². The number of halogens is 1. The third-order valence-electron chi connectivity index (χ3n) is 7.62. The van der Waals surface area contributed by atoms with Gasteiger partial charge in [0, 0.05) is 49.1 Å². The first-order chi connectivity index (χ1) is 16.9. The Bertz CT molecular complexity index is 1220. The zero-order valence-electron chi connectivity index (χ0n) is 21.0. The molecule has 0 aliphatic carbocycles. The fraction of sp³-hybridized carbons (Fsp3) is 0.414. The van der Waals surface area contributed by atoms with Crippen LogP contribution in [-0.2, 0) is 26.6 Å². The quantitative estimate of drug-likeness (QED) is 0.377. The molecule has 35 heavy (non-hydrogen) atoms. The number of H-pyrrole nitrogens is 1. The molecule has 6 heteroatoms. The SMILES string of the molecule is Cc1nn(C)cc1CN(C)[C@@H](Cc1ccc(F)cc1)C1CCN(Cc2cc3ccccc3[nH]2)CC1. The number of fused-ring (bicyclic) bond motifs is 1. The zero-order chi connectivity index (χ0) is 24.4. The first kappa shape index (κ1) is 23.8. The average Bonchev–Trinajstić information content (AvgIpc) is 3.40. The first-order valence-corrected chi connectivity index (χ1v) is 12.7. The molecular formula is C29H36FN5. The Labute approximate surface area is 207 Å². The van der Waals surface area contributed by atoms with E-state index in [4.69, 9.17) is 0 Å². The van der Waals surface area contributed by atoms with Gasteiger partial charge in [-0.25, -0.2) is 4.39 Å². The Balaban J connectivity index is 1.26. The number of likely N-dealkylation sites (tertiary alicyclic amines) is 1. The number of benzene rings is 2. The highest BCUT2D eigenvalue weighted by atomic mass is 19.1. The number of likely N-dealkylation sites (N-methyl/N-ethyl adjacent to an activating group) is 1. The van der Waals surface area contributed by atoms with E-state index >= 15 is 0 Å². The van der Waals surface area contributed by atoms with E-state index in [0.717, 1.165) is 38.3 Å². The van der Waals surface area contributed by atoms with E-state index in [0.29, 0.717) is 12.0 Å². The molecule has 1 atom stereocenters. The molecule has 5 rings (SSSR count). The molecule has 1 aliphatic rings. The molecule has 1 saturated heterocycles. The van der Waals surface area contributed by atoms with Crippen LogP contribution < -0.4 is 0 Å². The molecule has 184 valence electrons. The predicted molar refractivity (Wildman–Crippen MR) is 140 cm³/mol. The number of para-hydroxylation sites is 1. The summed E-state index contributed by atoms with van der Waals surface area (Å²) in [6, 6.07) is 18.2. The molecule has 1 N–H and O–H groups in total. The number of piperidine rings is 1. The molecule has 2 aromatic carbocycles. The van der Waals surface area contributed by atoms with Gasteiger partial charge in [-0.3, -0.25) is 14.5 Å². The standard InChI is InChI=1S/C29H36FN5/c1-21-25(19-34(3)32-21)18-33(2)29(16-22-8-10-26(30)11-9-22)23-12-14-35(15-13-23)20-27-17-24-6-4-5-7-28(24)31-27/h4-11,17,19,23,29,31H,12-16,18,20H2,1-3H3/t29-/m0/s1. The molecule has 3 heterocycles. The maximum Gasteiger partial charge on any atom is 0.123 e. The van der Waals surface area contributed by atoms with Crippen LogP contribution in [0.4, 0.5) is 4.39 Å². The maximum absolute atomic E-state index is 13.5. The van der Waals surface area contributed by atoms with Crippen molar-refractivity contribution >= 4 is 10.9 Å². The summed E-state index contributed by atoms with van der Waals surface area (Å²) in [5, 5.41) is 5.82. The fourth-order valence-corrected chi connectivity index (χ4v) is 5.69. The Morgan fingerprint density at radius 3 is 2.54 bits per heavy atom. The van der Waals surface area contributed by atoms with Crippen molar-refractivity contribution in [3.63, 3.8) is 0 Å². The van der Waals surface area contributed by atoms with Crippen molar-refractivity contribution in [1.29, 1.82) is 0 Å². The van der Waals surface area contributed by atoms with Crippen LogP contribution in [0.5, 0.6) is 0 Å². The molecule has 4 aromatic rings. The number of aryl methyl sites for hydroxylation is 2. The molecule has 0 bridgehead atoms. The second kappa shape index (κ2) is 10.3. The van der Waals surface area contributed by atoms with E-state index in [1.54, 1.807) is 12.1 Å². The van der Waals surface area contributed by atoms with Crippen LogP contribution >= 0.6 is 0 Å². The van der Waals surface area contributed by atoms with Crippen molar-refractivity contribution in [2.24, 2.45) is 13.0 Å². The second-order valence-corrected chi connectivity index (χ2v) is 10.2. The number of nitrogens with one attached hydrogen (secondary N) is 1. The number of aromatic amines is 1. The van der Waals surface area contributed by atoms with Crippen molar-refractivity contribution < 1.29 is 4.39 Å². The molecule has 0 radical (unpaired) electrons. The van der Waals surface area contributed by atoms with Crippen molar-refractivity contribution in [3.8, 4) is 0 Å². The van der Waals surface area contributed by atoms with Gasteiger partial charge in [0.25, 0.3) is 0 Å². The van der Waals surface area contributed by atoms with Crippen LogP contribution in [0.3, 0.4) is 0 Å². The van der Waals surface area contributed by atoms with Crippen LogP contribution in [0.1, 0.15) is 35.4 Å².